The van der Waals surface area contributed by atoms with Crippen LogP contribution in [0.1, 0.15) is 55.8 Å². The molecule has 0 aliphatic carbocycles. The number of aromatic nitrogens is 2. The van der Waals surface area contributed by atoms with Crippen LogP contribution in [-0.4, -0.2) is 95.4 Å². The SMILES string of the molecule is CO.CO.Cc1cc(C=O)c([O-])c(C=NCCC(=O)[O-])c1.Cc1cc(C=O)c([O-])c(C=NCCC(=O)[O-])c1.O.O.[Cu+2].[Cu+2].c1cc(-c2ccncc2)ccn1. The van der Waals surface area contributed by atoms with Crippen LogP contribution in [-0.2, 0) is 43.7 Å². The molecule has 0 unspecified atom stereocenters. The molecule has 2 heterocycles. The molecule has 0 fully saturated rings. The number of aliphatic imine (C=N–C) groups is 2. The van der Waals surface area contributed by atoms with Crippen molar-refractivity contribution < 1.29 is 94.9 Å². The van der Waals surface area contributed by atoms with Gasteiger partial charge in [-0.25, -0.2) is 0 Å². The van der Waals surface area contributed by atoms with Crippen LogP contribution in [0, 0.1) is 13.8 Å². The number of aryl methyl sites for hydroxylation is 2. The Morgan fingerprint density at radius 1 is 0.611 bits per heavy atom. The van der Waals surface area contributed by atoms with E-state index in [4.69, 9.17) is 10.2 Å². The largest absolute Gasteiger partial charge is 2.00 e. The molecule has 0 aliphatic rings. The fourth-order valence-electron chi connectivity index (χ4n) is 3.75. The molecule has 0 saturated carbocycles. The van der Waals surface area contributed by atoms with E-state index in [9.17, 15) is 39.6 Å². The van der Waals surface area contributed by atoms with Gasteiger partial charge in [0, 0.05) is 100 Å². The number of carboxylic acid groups (broad SMARTS) is 2. The van der Waals surface area contributed by atoms with E-state index in [1.165, 1.54) is 35.7 Å². The summed E-state index contributed by atoms with van der Waals surface area (Å²) in [6.07, 6.45) is 10.3. The summed E-state index contributed by atoms with van der Waals surface area (Å²) in [5.74, 6) is -3.18. The first kappa shape index (κ1) is 58.2. The molecule has 0 bridgehead atoms. The van der Waals surface area contributed by atoms with Gasteiger partial charge in [-0.05, 0) is 83.6 Å². The zero-order valence-corrected chi connectivity index (χ0v) is 31.5. The van der Waals surface area contributed by atoms with Crippen LogP contribution >= 0.6 is 0 Å². The van der Waals surface area contributed by atoms with Crippen molar-refractivity contribution in [3.8, 4) is 22.6 Å². The summed E-state index contributed by atoms with van der Waals surface area (Å²) in [4.78, 5) is 57.0. The second-order valence-electron chi connectivity index (χ2n) is 9.57. The molecule has 2 radical (unpaired) electrons. The third kappa shape index (κ3) is 23.4. The van der Waals surface area contributed by atoms with Crippen LogP contribution in [0.25, 0.3) is 11.1 Å². The minimum absolute atomic E-state index is 0. The van der Waals surface area contributed by atoms with Crippen molar-refractivity contribution in [1.82, 2.24) is 9.97 Å². The number of carboxylic acids is 2. The first-order chi connectivity index (χ1) is 24.0. The van der Waals surface area contributed by atoms with Crippen LogP contribution in [0.3, 0.4) is 0 Å². The molecule has 54 heavy (non-hydrogen) atoms. The summed E-state index contributed by atoms with van der Waals surface area (Å²) in [6, 6.07) is 14.1. The van der Waals surface area contributed by atoms with Crippen LogP contribution in [0.4, 0.5) is 0 Å². The summed E-state index contributed by atoms with van der Waals surface area (Å²) in [6.45, 7) is 3.61. The average molecular weight is 850 g/mol. The van der Waals surface area contributed by atoms with Gasteiger partial charge < -0.3 is 51.2 Å². The van der Waals surface area contributed by atoms with Gasteiger partial charge in [0.25, 0.3) is 0 Å². The smallest absolute Gasteiger partial charge is 0.872 e. The molecule has 4 aromatic rings. The Labute approximate surface area is 334 Å². The second kappa shape index (κ2) is 34.9. The number of benzene rings is 2. The molecule has 4 rings (SSSR count). The van der Waals surface area contributed by atoms with E-state index in [0.29, 0.717) is 12.6 Å². The van der Waals surface area contributed by atoms with E-state index in [1.54, 1.807) is 50.8 Å². The average Bonchev–Trinajstić information content (AvgIpc) is 3.13. The molecule has 0 amide bonds. The van der Waals surface area contributed by atoms with Crippen molar-refractivity contribution in [2.75, 3.05) is 27.3 Å². The molecule has 16 nitrogen and oxygen atoms in total. The van der Waals surface area contributed by atoms with E-state index in [2.05, 4.69) is 20.0 Å². The number of carbonyl (C=O) groups excluding carboxylic acids is 4. The normalized spacial score (nSPS) is 9.07. The van der Waals surface area contributed by atoms with Crippen molar-refractivity contribution in [3.05, 3.63) is 107 Å². The van der Waals surface area contributed by atoms with Crippen molar-refractivity contribution in [2.45, 2.75) is 26.7 Å². The number of aliphatic hydroxyl groups excluding tert-OH is 2. The molecule has 0 aliphatic heterocycles. The van der Waals surface area contributed by atoms with Gasteiger partial charge in [-0.3, -0.25) is 29.5 Å². The van der Waals surface area contributed by atoms with Gasteiger partial charge in [0.2, 0.25) is 0 Å². The number of aldehydes is 2. The number of pyridine rings is 2. The summed E-state index contributed by atoms with van der Waals surface area (Å²) < 4.78 is 0. The van der Waals surface area contributed by atoms with E-state index in [1.807, 2.05) is 24.3 Å². The topological polar surface area (TPSA) is 314 Å². The van der Waals surface area contributed by atoms with Crippen molar-refractivity contribution in [3.63, 3.8) is 0 Å². The Morgan fingerprint density at radius 3 is 1.15 bits per heavy atom. The molecule has 0 saturated heterocycles. The molecular weight excluding hydrogens is 808 g/mol. The molecule has 300 valence electrons. The van der Waals surface area contributed by atoms with Crippen LogP contribution < -0.4 is 20.4 Å². The Morgan fingerprint density at radius 2 is 0.889 bits per heavy atom. The first-order valence-corrected chi connectivity index (χ1v) is 14.7. The fraction of sp³-hybridized carbons (Fsp3) is 0.222. The molecule has 0 spiro atoms. The van der Waals surface area contributed by atoms with Gasteiger partial charge >= 0.3 is 34.1 Å². The third-order valence-corrected chi connectivity index (χ3v) is 5.88. The van der Waals surface area contributed by atoms with Gasteiger partial charge in [0.05, 0.1) is 0 Å². The van der Waals surface area contributed by atoms with Gasteiger partial charge in [0.1, 0.15) is 12.6 Å². The molecule has 0 atom stereocenters. The van der Waals surface area contributed by atoms with Crippen LogP contribution in [0.15, 0.2) is 83.3 Å². The second-order valence-corrected chi connectivity index (χ2v) is 9.57. The van der Waals surface area contributed by atoms with E-state index in [0.717, 1.165) is 25.3 Å². The number of carbonyl (C=O) groups is 4. The zero-order chi connectivity index (χ0) is 37.9. The Bertz CT molecular complexity index is 1570. The maximum absolute atomic E-state index is 11.6. The van der Waals surface area contributed by atoms with Crippen molar-refractivity contribution >= 4 is 36.9 Å². The Kier molecular flexibility index (Phi) is 37.6. The summed E-state index contributed by atoms with van der Waals surface area (Å²) in [7, 11) is 2.00. The number of aliphatic hydroxyl groups is 2. The van der Waals surface area contributed by atoms with Gasteiger partial charge in [-0.15, -0.1) is 0 Å². The van der Waals surface area contributed by atoms with E-state index < -0.39 is 23.4 Å². The standard InChI is InChI=1S/2C12H13NO4.C10H8N2.2CH4O.2Cu.2H2O/c2*1-8-4-9(6-13-3-2-11(15)16)12(17)10(5-8)7-14;1-5-11-6-2-9(1)10-3-7-12-8-4-10;2*1-2;;;;/h2*4-7,17H,2-3H2,1H3,(H,15,16);1-8H;2*2H,1H3;;;2*1H2/q;;;;;2*+2;;/p-4. The Balaban J connectivity index is -0.000000207. The van der Waals surface area contributed by atoms with Crippen LogP contribution in [0.5, 0.6) is 11.5 Å². The predicted octanol–water partition coefficient (Wildman–Crippen LogP) is -1.41. The number of hydrogen-bond donors (Lipinski definition) is 2. The van der Waals surface area contributed by atoms with E-state index in [-0.39, 0.29) is 93.3 Å². The Hall–Kier alpha value is -5.16. The molecular formula is C36H42Cu2N4O12. The van der Waals surface area contributed by atoms with Crippen molar-refractivity contribution in [2.24, 2.45) is 9.98 Å². The molecule has 2 aromatic heterocycles. The fourth-order valence-corrected chi connectivity index (χ4v) is 3.75. The zero-order valence-electron chi connectivity index (χ0n) is 29.6. The van der Waals surface area contributed by atoms with Gasteiger partial charge in [-0.2, -0.15) is 0 Å². The quantitative estimate of drug-likeness (QED) is 0.0999. The van der Waals surface area contributed by atoms with Gasteiger partial charge in [-0.1, -0.05) is 23.6 Å². The first-order valence-electron chi connectivity index (χ1n) is 14.7. The number of aliphatic carboxylic acids is 2. The number of rotatable bonds is 11. The minimum Gasteiger partial charge on any atom is -0.872 e. The molecule has 18 heteroatoms. The van der Waals surface area contributed by atoms with E-state index >= 15 is 0 Å². The maximum atomic E-state index is 11.6. The van der Waals surface area contributed by atoms with Gasteiger partial charge in [0.15, 0.2) is 0 Å². The van der Waals surface area contributed by atoms with Crippen molar-refractivity contribution in [1.29, 1.82) is 0 Å². The monoisotopic (exact) mass is 848 g/mol. The summed E-state index contributed by atoms with van der Waals surface area (Å²) in [5, 5.41) is 57.5. The molecule has 6 N–H and O–H groups in total. The summed E-state index contributed by atoms with van der Waals surface area (Å²) in [5.41, 5.74) is 4.61. The van der Waals surface area contributed by atoms with Crippen LogP contribution in [0.2, 0.25) is 0 Å². The number of nitrogens with zero attached hydrogens (tertiary/aromatic N) is 4. The minimum atomic E-state index is -1.19. The third-order valence-electron chi connectivity index (χ3n) is 5.88. The summed E-state index contributed by atoms with van der Waals surface area (Å²) >= 11 is 0. The number of hydrogen-bond acceptors (Lipinski definition) is 14. The predicted molar refractivity (Wildman–Crippen MR) is 187 cm³/mol. The molecule has 2 aromatic carbocycles. The maximum Gasteiger partial charge on any atom is 2.00 e.